The normalized spacial score (nSPS) is 14.4. The molecule has 0 unspecified atom stereocenters. The van der Waals surface area contributed by atoms with E-state index in [1.807, 2.05) is 71.4 Å². The molecule has 2 heterocycles. The number of carbonyl (C=O) groups excluding carboxylic acids is 1. The van der Waals surface area contributed by atoms with Gasteiger partial charge in [-0.05, 0) is 25.5 Å². The molecule has 5 nitrogen and oxygen atoms in total. The summed E-state index contributed by atoms with van der Waals surface area (Å²) < 4.78 is 1.88. The van der Waals surface area contributed by atoms with Crippen LogP contribution in [0, 0.1) is 0 Å². The molecule has 0 saturated carbocycles. The highest BCUT2D eigenvalue weighted by Gasteiger charge is 2.26. The molecule has 0 atom stereocenters. The number of halogens is 1. The van der Waals surface area contributed by atoms with Crippen molar-refractivity contribution in [1.82, 2.24) is 20.0 Å². The Balaban J connectivity index is 0.00000240. The minimum Gasteiger partial charge on any atom is -0.338 e. The van der Waals surface area contributed by atoms with Crippen molar-refractivity contribution in [2.75, 3.05) is 20.1 Å². The minimum absolute atomic E-state index is 0. The van der Waals surface area contributed by atoms with Crippen LogP contribution in [0.1, 0.15) is 28.8 Å². The van der Waals surface area contributed by atoms with E-state index in [0.29, 0.717) is 18.2 Å². The maximum Gasteiger partial charge on any atom is 0.257 e. The highest BCUT2D eigenvalue weighted by Crippen LogP contribution is 2.25. The summed E-state index contributed by atoms with van der Waals surface area (Å²) in [4.78, 5) is 15.3. The van der Waals surface area contributed by atoms with Crippen LogP contribution in [-0.4, -0.2) is 46.8 Å². The molecule has 1 amide bonds. The highest BCUT2D eigenvalue weighted by atomic mass is 35.5. The summed E-state index contributed by atoms with van der Waals surface area (Å²) >= 11 is 0. The molecule has 1 N–H and O–H groups in total. The number of hydrogen-bond acceptors (Lipinski definition) is 3. The van der Waals surface area contributed by atoms with Crippen LogP contribution in [0.3, 0.4) is 0 Å². The Labute approximate surface area is 178 Å². The van der Waals surface area contributed by atoms with E-state index in [4.69, 9.17) is 5.10 Å². The third kappa shape index (κ3) is 4.86. The van der Waals surface area contributed by atoms with Crippen molar-refractivity contribution in [3.8, 4) is 11.3 Å². The fraction of sp³-hybridized carbons (Fsp3) is 0.304. The van der Waals surface area contributed by atoms with Crippen LogP contribution in [0.5, 0.6) is 0 Å². The predicted molar refractivity (Wildman–Crippen MR) is 118 cm³/mol. The van der Waals surface area contributed by atoms with Crippen LogP contribution in [0.15, 0.2) is 66.9 Å². The van der Waals surface area contributed by atoms with E-state index in [2.05, 4.69) is 17.4 Å². The van der Waals surface area contributed by atoms with E-state index in [-0.39, 0.29) is 18.3 Å². The number of carbonyl (C=O) groups is 1. The lowest BCUT2D eigenvalue weighted by molar-refractivity contribution is 0.0708. The molecule has 1 aliphatic rings. The first-order valence-corrected chi connectivity index (χ1v) is 9.88. The average molecular weight is 411 g/mol. The van der Waals surface area contributed by atoms with Gasteiger partial charge in [0.15, 0.2) is 0 Å². The molecule has 1 fully saturated rings. The smallest absolute Gasteiger partial charge is 0.257 e. The molecule has 0 aliphatic carbocycles. The average Bonchev–Trinajstić information content (AvgIpc) is 3.18. The Bertz CT molecular complexity index is 919. The zero-order chi connectivity index (χ0) is 19.3. The van der Waals surface area contributed by atoms with E-state index in [0.717, 1.165) is 37.2 Å². The van der Waals surface area contributed by atoms with Crippen molar-refractivity contribution in [3.05, 3.63) is 78.0 Å². The maximum absolute atomic E-state index is 13.3. The second kappa shape index (κ2) is 9.72. The van der Waals surface area contributed by atoms with Crippen LogP contribution in [0.4, 0.5) is 0 Å². The first-order valence-electron chi connectivity index (χ1n) is 9.88. The summed E-state index contributed by atoms with van der Waals surface area (Å²) in [6.45, 7) is 2.21. The minimum atomic E-state index is 0. The van der Waals surface area contributed by atoms with Crippen molar-refractivity contribution in [3.63, 3.8) is 0 Å². The molecule has 1 saturated heterocycles. The van der Waals surface area contributed by atoms with Gasteiger partial charge in [0.2, 0.25) is 0 Å². The third-order valence-electron chi connectivity index (χ3n) is 5.42. The van der Waals surface area contributed by atoms with Crippen molar-refractivity contribution in [1.29, 1.82) is 0 Å². The lowest BCUT2D eigenvalue weighted by Gasteiger charge is -2.31. The maximum atomic E-state index is 13.3. The van der Waals surface area contributed by atoms with Gasteiger partial charge in [-0.25, -0.2) is 0 Å². The van der Waals surface area contributed by atoms with Gasteiger partial charge in [-0.15, -0.1) is 12.4 Å². The first kappa shape index (κ1) is 21.1. The zero-order valence-corrected chi connectivity index (χ0v) is 17.4. The number of nitrogens with zero attached hydrogens (tertiary/aromatic N) is 3. The number of benzene rings is 2. The van der Waals surface area contributed by atoms with Crippen LogP contribution < -0.4 is 5.32 Å². The lowest BCUT2D eigenvalue weighted by atomic mass is 10.0. The molecule has 0 bridgehead atoms. The largest absolute Gasteiger partial charge is 0.338 e. The van der Waals surface area contributed by atoms with Gasteiger partial charge in [-0.3, -0.25) is 9.48 Å². The van der Waals surface area contributed by atoms with E-state index in [1.165, 1.54) is 5.56 Å². The number of aromatic nitrogens is 2. The van der Waals surface area contributed by atoms with Gasteiger partial charge < -0.3 is 10.2 Å². The van der Waals surface area contributed by atoms with Gasteiger partial charge in [0, 0.05) is 30.9 Å². The topological polar surface area (TPSA) is 50.2 Å². The molecule has 4 rings (SSSR count). The molecule has 0 radical (unpaired) electrons. The van der Waals surface area contributed by atoms with E-state index >= 15 is 0 Å². The van der Waals surface area contributed by atoms with Crippen molar-refractivity contribution in [2.45, 2.75) is 25.4 Å². The second-order valence-electron chi connectivity index (χ2n) is 7.30. The monoisotopic (exact) mass is 410 g/mol. The molecule has 29 heavy (non-hydrogen) atoms. The molecular weight excluding hydrogens is 384 g/mol. The molecule has 0 spiro atoms. The fourth-order valence-corrected chi connectivity index (χ4v) is 3.78. The summed E-state index contributed by atoms with van der Waals surface area (Å²) in [7, 11) is 1.99. The third-order valence-corrected chi connectivity index (χ3v) is 5.42. The first-order chi connectivity index (χ1) is 13.7. The molecule has 6 heteroatoms. The summed E-state index contributed by atoms with van der Waals surface area (Å²) in [6.07, 6.45) is 3.88. The summed E-state index contributed by atoms with van der Waals surface area (Å²) in [5.74, 6) is 0.0766. The van der Waals surface area contributed by atoms with Crippen molar-refractivity contribution >= 4 is 18.3 Å². The molecular formula is C23H27ClN4O. The molecule has 1 aliphatic heterocycles. The van der Waals surface area contributed by atoms with Crippen LogP contribution in [0.2, 0.25) is 0 Å². The van der Waals surface area contributed by atoms with Crippen molar-refractivity contribution < 1.29 is 4.79 Å². The lowest BCUT2D eigenvalue weighted by Crippen LogP contribution is -2.44. The molecule has 152 valence electrons. The van der Waals surface area contributed by atoms with Gasteiger partial charge >= 0.3 is 0 Å². The number of piperidine rings is 1. The van der Waals surface area contributed by atoms with Gasteiger partial charge in [0.05, 0.1) is 12.1 Å². The van der Waals surface area contributed by atoms with Crippen LogP contribution >= 0.6 is 12.4 Å². The van der Waals surface area contributed by atoms with Crippen molar-refractivity contribution in [2.24, 2.45) is 0 Å². The summed E-state index contributed by atoms with van der Waals surface area (Å²) in [5, 5.41) is 8.10. The molecule has 3 aromatic rings. The fourth-order valence-electron chi connectivity index (χ4n) is 3.78. The van der Waals surface area contributed by atoms with E-state index < -0.39 is 0 Å². The van der Waals surface area contributed by atoms with E-state index in [1.54, 1.807) is 0 Å². The number of amides is 1. The number of hydrogen-bond donors (Lipinski definition) is 1. The van der Waals surface area contributed by atoms with Gasteiger partial charge in [-0.2, -0.15) is 5.10 Å². The number of nitrogens with one attached hydrogen (secondary N) is 1. The molecule has 2 aromatic carbocycles. The summed E-state index contributed by atoms with van der Waals surface area (Å²) in [6, 6.07) is 20.7. The SMILES string of the molecule is CNC1CCN(C(=O)c2cn(Cc3ccccc3)nc2-c2ccccc2)CC1.Cl. The number of rotatable bonds is 5. The Morgan fingerprint density at radius 1 is 1.03 bits per heavy atom. The predicted octanol–water partition coefficient (Wildman–Crippen LogP) is 3.84. The van der Waals surface area contributed by atoms with Gasteiger partial charge in [-0.1, -0.05) is 60.7 Å². The van der Waals surface area contributed by atoms with Crippen LogP contribution in [0.25, 0.3) is 11.3 Å². The van der Waals surface area contributed by atoms with Crippen LogP contribution in [-0.2, 0) is 6.54 Å². The second-order valence-corrected chi connectivity index (χ2v) is 7.30. The Kier molecular flexibility index (Phi) is 7.07. The molecule has 1 aromatic heterocycles. The Hall–Kier alpha value is -2.63. The Morgan fingerprint density at radius 3 is 2.28 bits per heavy atom. The number of likely N-dealkylation sites (tertiary alicyclic amines) is 1. The van der Waals surface area contributed by atoms with Gasteiger partial charge in [0.25, 0.3) is 5.91 Å². The van der Waals surface area contributed by atoms with E-state index in [9.17, 15) is 4.79 Å². The highest BCUT2D eigenvalue weighted by molar-refractivity contribution is 5.99. The standard InChI is InChI=1S/C23H26N4O.ClH/c1-24-20-12-14-26(15-13-20)23(28)21-17-27(16-18-8-4-2-5-9-18)25-22(21)19-10-6-3-7-11-19;/h2-11,17,20,24H,12-16H2,1H3;1H. The van der Waals surface area contributed by atoms with Gasteiger partial charge in [0.1, 0.15) is 5.69 Å². The zero-order valence-electron chi connectivity index (χ0n) is 16.6. The summed E-state index contributed by atoms with van der Waals surface area (Å²) in [5.41, 5.74) is 3.59. The Morgan fingerprint density at radius 2 is 1.66 bits per heavy atom. The quantitative estimate of drug-likeness (QED) is 0.695.